The quantitative estimate of drug-likeness (QED) is 0.446. The molecular formula is C8H10F2Si. The second-order valence-corrected chi connectivity index (χ2v) is 3.88. The topological polar surface area (TPSA) is 0 Å². The SMILES string of the molecule is Cc1ccc([SiH](F)F)c(C)c1. The van der Waals surface area contributed by atoms with Crippen molar-refractivity contribution < 1.29 is 8.22 Å². The summed E-state index contributed by atoms with van der Waals surface area (Å²) in [7, 11) is -3.59. The number of halogens is 2. The molecule has 0 radical (unpaired) electrons. The van der Waals surface area contributed by atoms with Crippen molar-refractivity contribution >= 4 is 14.7 Å². The molecule has 0 spiro atoms. The molecule has 0 unspecified atom stereocenters. The molecule has 0 heterocycles. The molecule has 0 aliphatic carbocycles. The van der Waals surface area contributed by atoms with Crippen LogP contribution in [0.5, 0.6) is 0 Å². The van der Waals surface area contributed by atoms with Crippen molar-refractivity contribution in [2.45, 2.75) is 13.8 Å². The first-order valence-electron chi connectivity index (χ1n) is 3.46. The summed E-state index contributed by atoms with van der Waals surface area (Å²) in [4.78, 5) is 0. The van der Waals surface area contributed by atoms with Crippen LogP contribution in [0, 0.1) is 13.8 Å². The second-order valence-electron chi connectivity index (χ2n) is 2.66. The lowest BCUT2D eigenvalue weighted by molar-refractivity contribution is 0.684. The van der Waals surface area contributed by atoms with Crippen LogP contribution in [0.25, 0.3) is 0 Å². The Morgan fingerprint density at radius 2 is 1.82 bits per heavy atom. The Morgan fingerprint density at radius 1 is 1.18 bits per heavy atom. The molecule has 0 amide bonds. The number of rotatable bonds is 1. The maximum Gasteiger partial charge on any atom is 0.441 e. The Hall–Kier alpha value is -0.703. The highest BCUT2D eigenvalue weighted by molar-refractivity contribution is 6.60. The minimum absolute atomic E-state index is 0.274. The molecule has 1 aromatic carbocycles. The Kier molecular flexibility index (Phi) is 2.39. The van der Waals surface area contributed by atoms with Crippen LogP contribution in [-0.2, 0) is 0 Å². The van der Waals surface area contributed by atoms with Crippen molar-refractivity contribution in [1.82, 2.24) is 0 Å². The average molecular weight is 172 g/mol. The van der Waals surface area contributed by atoms with Gasteiger partial charge in [0.15, 0.2) is 0 Å². The third kappa shape index (κ3) is 1.86. The van der Waals surface area contributed by atoms with Crippen LogP contribution in [0.3, 0.4) is 0 Å². The summed E-state index contributed by atoms with van der Waals surface area (Å²) in [5.41, 5.74) is 1.77. The van der Waals surface area contributed by atoms with E-state index in [1.54, 1.807) is 25.1 Å². The third-order valence-electron chi connectivity index (χ3n) is 1.66. The van der Waals surface area contributed by atoms with Gasteiger partial charge in [0.25, 0.3) is 0 Å². The molecule has 0 N–H and O–H groups in total. The zero-order chi connectivity index (χ0) is 8.43. The molecule has 0 saturated carbocycles. The summed E-state index contributed by atoms with van der Waals surface area (Å²) < 4.78 is 24.6. The van der Waals surface area contributed by atoms with Gasteiger partial charge in [-0.05, 0) is 19.4 Å². The van der Waals surface area contributed by atoms with E-state index in [4.69, 9.17) is 0 Å². The summed E-state index contributed by atoms with van der Waals surface area (Å²) in [5, 5.41) is 0.274. The Balaban J connectivity index is 3.09. The van der Waals surface area contributed by atoms with Gasteiger partial charge in [-0.1, -0.05) is 23.8 Å². The maximum atomic E-state index is 12.3. The molecule has 11 heavy (non-hydrogen) atoms. The van der Waals surface area contributed by atoms with Crippen LogP contribution >= 0.6 is 0 Å². The lowest BCUT2D eigenvalue weighted by Gasteiger charge is -2.02. The molecule has 0 aliphatic rings. The van der Waals surface area contributed by atoms with E-state index in [2.05, 4.69) is 0 Å². The number of hydrogen-bond acceptors (Lipinski definition) is 0. The minimum atomic E-state index is -3.59. The zero-order valence-electron chi connectivity index (χ0n) is 6.57. The first-order valence-corrected chi connectivity index (χ1v) is 4.91. The fourth-order valence-electron chi connectivity index (χ4n) is 1.07. The Labute approximate surface area is 66.8 Å². The third-order valence-corrected chi connectivity index (χ3v) is 2.78. The van der Waals surface area contributed by atoms with E-state index in [0.717, 1.165) is 11.1 Å². The lowest BCUT2D eigenvalue weighted by atomic mass is 10.2. The van der Waals surface area contributed by atoms with E-state index in [1.165, 1.54) is 0 Å². The monoisotopic (exact) mass is 172 g/mol. The largest absolute Gasteiger partial charge is 0.441 e. The molecule has 60 valence electrons. The van der Waals surface area contributed by atoms with E-state index in [-0.39, 0.29) is 5.19 Å². The predicted octanol–water partition coefficient (Wildman–Crippen LogP) is 1.67. The van der Waals surface area contributed by atoms with E-state index in [9.17, 15) is 8.22 Å². The first-order chi connectivity index (χ1) is 5.11. The van der Waals surface area contributed by atoms with Crippen molar-refractivity contribution in [1.29, 1.82) is 0 Å². The van der Waals surface area contributed by atoms with Crippen LogP contribution in [0.1, 0.15) is 11.1 Å². The van der Waals surface area contributed by atoms with Gasteiger partial charge < -0.3 is 0 Å². The van der Waals surface area contributed by atoms with Crippen LogP contribution in [0.2, 0.25) is 0 Å². The molecule has 0 atom stereocenters. The summed E-state index contributed by atoms with van der Waals surface area (Å²) in [6, 6.07) is 5.08. The summed E-state index contributed by atoms with van der Waals surface area (Å²) in [5.74, 6) is 0. The normalized spacial score (nSPS) is 10.6. The zero-order valence-corrected chi connectivity index (χ0v) is 7.72. The molecule has 0 aliphatic heterocycles. The van der Waals surface area contributed by atoms with Gasteiger partial charge in [-0.25, -0.2) is 0 Å². The van der Waals surface area contributed by atoms with Crippen molar-refractivity contribution in [3.05, 3.63) is 29.3 Å². The average Bonchev–Trinajstić information content (AvgIpc) is 1.85. The maximum absolute atomic E-state index is 12.3. The van der Waals surface area contributed by atoms with Gasteiger partial charge in [0.05, 0.1) is 0 Å². The smallest absolute Gasteiger partial charge is 0.269 e. The van der Waals surface area contributed by atoms with Gasteiger partial charge in [0, 0.05) is 5.19 Å². The van der Waals surface area contributed by atoms with E-state index in [1.807, 2.05) is 6.92 Å². The van der Waals surface area contributed by atoms with Crippen molar-refractivity contribution in [2.24, 2.45) is 0 Å². The molecule has 0 fully saturated rings. The minimum Gasteiger partial charge on any atom is -0.269 e. The highest BCUT2D eigenvalue weighted by Gasteiger charge is 2.13. The standard InChI is InChI=1S/C8H10F2Si/c1-6-3-4-8(11(9)10)7(2)5-6/h3-5,11H,1-2H3. The summed E-state index contributed by atoms with van der Waals surface area (Å²) in [6.07, 6.45) is 0. The fraction of sp³-hybridized carbons (Fsp3) is 0.250. The van der Waals surface area contributed by atoms with Gasteiger partial charge >= 0.3 is 9.46 Å². The lowest BCUT2D eigenvalue weighted by Crippen LogP contribution is -2.23. The first kappa shape index (κ1) is 8.39. The Morgan fingerprint density at radius 3 is 2.27 bits per heavy atom. The van der Waals surface area contributed by atoms with Crippen LogP contribution in [0.4, 0.5) is 8.22 Å². The Bertz CT molecular complexity index is 258. The van der Waals surface area contributed by atoms with Gasteiger partial charge in [0.1, 0.15) is 0 Å². The number of hydrogen-bond donors (Lipinski definition) is 0. The second kappa shape index (κ2) is 3.13. The molecule has 1 rings (SSSR count). The number of benzene rings is 1. The van der Waals surface area contributed by atoms with Gasteiger partial charge in [-0.15, -0.1) is 0 Å². The van der Waals surface area contributed by atoms with Crippen LogP contribution < -0.4 is 5.19 Å². The van der Waals surface area contributed by atoms with Crippen molar-refractivity contribution in [3.63, 3.8) is 0 Å². The molecule has 0 saturated heterocycles. The highest BCUT2D eigenvalue weighted by atomic mass is 28.4. The predicted molar refractivity (Wildman–Crippen MR) is 44.9 cm³/mol. The van der Waals surface area contributed by atoms with E-state index >= 15 is 0 Å². The van der Waals surface area contributed by atoms with Crippen LogP contribution in [-0.4, -0.2) is 9.46 Å². The van der Waals surface area contributed by atoms with E-state index < -0.39 is 9.46 Å². The molecule has 0 aromatic heterocycles. The van der Waals surface area contributed by atoms with Crippen molar-refractivity contribution in [2.75, 3.05) is 0 Å². The summed E-state index contributed by atoms with van der Waals surface area (Å²) >= 11 is 0. The van der Waals surface area contributed by atoms with Crippen LogP contribution in [0.15, 0.2) is 18.2 Å². The number of aryl methyl sites for hydroxylation is 2. The summed E-state index contributed by atoms with van der Waals surface area (Å²) in [6.45, 7) is 3.64. The molecule has 0 bridgehead atoms. The van der Waals surface area contributed by atoms with E-state index in [0.29, 0.717) is 0 Å². The van der Waals surface area contributed by atoms with Gasteiger partial charge in [0.2, 0.25) is 0 Å². The van der Waals surface area contributed by atoms with Gasteiger partial charge in [-0.3, -0.25) is 8.22 Å². The van der Waals surface area contributed by atoms with Crippen molar-refractivity contribution in [3.8, 4) is 0 Å². The molecule has 0 nitrogen and oxygen atoms in total. The highest BCUT2D eigenvalue weighted by Crippen LogP contribution is 2.02. The molecule has 1 aromatic rings. The fourth-order valence-corrected chi connectivity index (χ4v) is 1.74. The molecule has 3 heteroatoms. The molecular weight excluding hydrogens is 162 g/mol. The van der Waals surface area contributed by atoms with Gasteiger partial charge in [-0.2, -0.15) is 0 Å².